The third kappa shape index (κ3) is 3.11. The number of hydrogen-bond donors (Lipinski definition) is 0. The van der Waals surface area contributed by atoms with Crippen LogP contribution in [0.4, 0.5) is 0 Å². The van der Waals surface area contributed by atoms with Crippen molar-refractivity contribution in [3.05, 3.63) is 65.3 Å². The Morgan fingerprint density at radius 2 is 1.69 bits per heavy atom. The molecule has 0 bridgehead atoms. The van der Waals surface area contributed by atoms with E-state index in [2.05, 4.69) is 33.4 Å². The van der Waals surface area contributed by atoms with Crippen LogP contribution in [-0.4, -0.2) is 27.2 Å². The number of nitrogens with zero attached hydrogens (tertiary/aromatic N) is 4. The number of aryl methyl sites for hydroxylation is 2. The van der Waals surface area contributed by atoms with E-state index in [1.54, 1.807) is 0 Å². The summed E-state index contributed by atoms with van der Waals surface area (Å²) >= 11 is 0. The minimum atomic E-state index is 0.644. The van der Waals surface area contributed by atoms with Gasteiger partial charge in [-0.2, -0.15) is 0 Å². The van der Waals surface area contributed by atoms with Gasteiger partial charge in [-0.3, -0.25) is 4.90 Å². The molecule has 0 aliphatic heterocycles. The molecule has 6 nitrogen and oxygen atoms in total. The normalized spacial score (nSPS) is 11.5. The molecule has 0 fully saturated rings. The van der Waals surface area contributed by atoms with Crippen LogP contribution in [0.15, 0.2) is 51.5 Å². The van der Waals surface area contributed by atoms with Gasteiger partial charge in [-0.1, -0.05) is 46.7 Å². The van der Waals surface area contributed by atoms with Crippen molar-refractivity contribution in [3.8, 4) is 11.5 Å². The fourth-order valence-electron chi connectivity index (χ4n) is 3.06. The van der Waals surface area contributed by atoms with Gasteiger partial charge in [0.1, 0.15) is 17.1 Å². The average Bonchev–Trinajstić information content (AvgIpc) is 3.20. The Hall–Kier alpha value is -2.99. The van der Waals surface area contributed by atoms with Crippen molar-refractivity contribution >= 4 is 10.8 Å². The first-order chi connectivity index (χ1) is 12.6. The lowest BCUT2D eigenvalue weighted by atomic mass is 10.0. The number of fused-ring (bicyclic) bond motifs is 1. The Kier molecular flexibility index (Phi) is 4.26. The SMILES string of the molecule is Cc1nonc1CN(C)Cc1nc(-c2cccc3ccccc23)oc1C. The minimum absolute atomic E-state index is 0.644. The third-order valence-corrected chi connectivity index (χ3v) is 4.50. The molecule has 6 heteroatoms. The Bertz CT molecular complexity index is 1050. The molecule has 0 unspecified atom stereocenters. The predicted molar refractivity (Wildman–Crippen MR) is 98.4 cm³/mol. The highest BCUT2D eigenvalue weighted by atomic mass is 16.6. The fraction of sp³-hybridized carbons (Fsp3) is 0.250. The van der Waals surface area contributed by atoms with Crippen molar-refractivity contribution in [2.24, 2.45) is 0 Å². The summed E-state index contributed by atoms with van der Waals surface area (Å²) in [5.74, 6) is 1.48. The van der Waals surface area contributed by atoms with E-state index in [1.165, 1.54) is 5.39 Å². The van der Waals surface area contributed by atoms with Gasteiger partial charge in [-0.25, -0.2) is 9.61 Å². The van der Waals surface area contributed by atoms with E-state index in [-0.39, 0.29) is 0 Å². The molecular formula is C20H20N4O2. The van der Waals surface area contributed by atoms with Gasteiger partial charge < -0.3 is 4.42 Å². The highest BCUT2D eigenvalue weighted by molar-refractivity contribution is 5.94. The largest absolute Gasteiger partial charge is 0.441 e. The highest BCUT2D eigenvalue weighted by Gasteiger charge is 2.16. The smallest absolute Gasteiger partial charge is 0.227 e. The summed E-state index contributed by atoms with van der Waals surface area (Å²) in [7, 11) is 2.01. The van der Waals surface area contributed by atoms with Crippen LogP contribution in [-0.2, 0) is 13.1 Å². The summed E-state index contributed by atoms with van der Waals surface area (Å²) in [5, 5.41) is 10.1. The maximum atomic E-state index is 5.98. The molecule has 0 saturated carbocycles. The number of oxazole rings is 1. The lowest BCUT2D eigenvalue weighted by molar-refractivity contribution is 0.277. The Labute approximate surface area is 151 Å². The van der Waals surface area contributed by atoms with Crippen molar-refractivity contribution in [1.82, 2.24) is 20.2 Å². The molecule has 0 amide bonds. The van der Waals surface area contributed by atoms with Crippen LogP contribution in [0.5, 0.6) is 0 Å². The van der Waals surface area contributed by atoms with Crippen molar-refractivity contribution in [2.75, 3.05) is 7.05 Å². The zero-order valence-corrected chi connectivity index (χ0v) is 15.1. The molecule has 0 N–H and O–H groups in total. The zero-order valence-electron chi connectivity index (χ0n) is 15.1. The van der Waals surface area contributed by atoms with E-state index >= 15 is 0 Å². The van der Waals surface area contributed by atoms with Crippen LogP contribution >= 0.6 is 0 Å². The standard InChI is InChI=1S/C20H20N4O2/c1-13-18(23-26-22-13)11-24(3)12-19-14(2)25-20(21-19)17-10-6-8-15-7-4-5-9-16(15)17/h4-10H,11-12H2,1-3H3. The van der Waals surface area contributed by atoms with E-state index in [9.17, 15) is 0 Å². The van der Waals surface area contributed by atoms with Crippen molar-refractivity contribution < 1.29 is 9.05 Å². The van der Waals surface area contributed by atoms with E-state index in [0.29, 0.717) is 19.0 Å². The molecule has 132 valence electrons. The molecule has 0 atom stereocenters. The predicted octanol–water partition coefficient (Wildman–Crippen LogP) is 4.13. The van der Waals surface area contributed by atoms with Crippen LogP contribution in [0, 0.1) is 13.8 Å². The topological polar surface area (TPSA) is 68.2 Å². The second-order valence-electron chi connectivity index (χ2n) is 6.52. The van der Waals surface area contributed by atoms with Crippen molar-refractivity contribution in [1.29, 1.82) is 0 Å². The molecule has 2 heterocycles. The number of aromatic nitrogens is 3. The Morgan fingerprint density at radius 1 is 0.923 bits per heavy atom. The highest BCUT2D eigenvalue weighted by Crippen LogP contribution is 2.29. The lowest BCUT2D eigenvalue weighted by Crippen LogP contribution is -2.18. The molecule has 2 aromatic carbocycles. The van der Waals surface area contributed by atoms with Gasteiger partial charge in [-0.15, -0.1) is 0 Å². The molecule has 2 aromatic heterocycles. The monoisotopic (exact) mass is 348 g/mol. The van der Waals surface area contributed by atoms with E-state index in [0.717, 1.165) is 33.8 Å². The van der Waals surface area contributed by atoms with E-state index in [1.807, 2.05) is 45.2 Å². The third-order valence-electron chi connectivity index (χ3n) is 4.50. The lowest BCUT2D eigenvalue weighted by Gasteiger charge is -2.13. The van der Waals surface area contributed by atoms with Crippen LogP contribution in [0.1, 0.15) is 22.8 Å². The first kappa shape index (κ1) is 16.5. The summed E-state index contributed by atoms with van der Waals surface area (Å²) in [6.07, 6.45) is 0. The zero-order chi connectivity index (χ0) is 18.1. The first-order valence-corrected chi connectivity index (χ1v) is 8.53. The maximum absolute atomic E-state index is 5.98. The summed E-state index contributed by atoms with van der Waals surface area (Å²) in [6.45, 7) is 5.14. The van der Waals surface area contributed by atoms with Crippen LogP contribution in [0.2, 0.25) is 0 Å². The van der Waals surface area contributed by atoms with Crippen LogP contribution in [0.25, 0.3) is 22.2 Å². The van der Waals surface area contributed by atoms with Gasteiger partial charge >= 0.3 is 0 Å². The van der Waals surface area contributed by atoms with Gasteiger partial charge in [-0.05, 0) is 37.7 Å². The molecular weight excluding hydrogens is 328 g/mol. The van der Waals surface area contributed by atoms with Crippen LogP contribution in [0.3, 0.4) is 0 Å². The van der Waals surface area contributed by atoms with Crippen molar-refractivity contribution in [2.45, 2.75) is 26.9 Å². The second-order valence-corrected chi connectivity index (χ2v) is 6.52. The Balaban J connectivity index is 1.60. The molecule has 0 aliphatic carbocycles. The summed E-state index contributed by atoms with van der Waals surface area (Å²) < 4.78 is 10.7. The number of hydrogen-bond acceptors (Lipinski definition) is 6. The van der Waals surface area contributed by atoms with Crippen molar-refractivity contribution in [3.63, 3.8) is 0 Å². The molecule has 0 radical (unpaired) electrons. The summed E-state index contributed by atoms with van der Waals surface area (Å²) in [5.41, 5.74) is 3.58. The first-order valence-electron chi connectivity index (χ1n) is 8.53. The molecule has 4 aromatic rings. The Morgan fingerprint density at radius 3 is 2.50 bits per heavy atom. The fourth-order valence-corrected chi connectivity index (χ4v) is 3.06. The molecule has 26 heavy (non-hydrogen) atoms. The molecule has 0 spiro atoms. The maximum Gasteiger partial charge on any atom is 0.227 e. The molecule has 0 aliphatic rings. The summed E-state index contributed by atoms with van der Waals surface area (Å²) in [6, 6.07) is 14.4. The minimum Gasteiger partial charge on any atom is -0.441 e. The quantitative estimate of drug-likeness (QED) is 0.540. The van der Waals surface area contributed by atoms with Gasteiger partial charge in [0, 0.05) is 18.7 Å². The summed E-state index contributed by atoms with van der Waals surface area (Å²) in [4.78, 5) is 6.87. The second kappa shape index (κ2) is 6.72. The van der Waals surface area contributed by atoms with E-state index in [4.69, 9.17) is 14.0 Å². The van der Waals surface area contributed by atoms with E-state index < -0.39 is 0 Å². The molecule has 0 saturated heterocycles. The number of benzene rings is 2. The van der Waals surface area contributed by atoms with Crippen LogP contribution < -0.4 is 0 Å². The average molecular weight is 348 g/mol. The van der Waals surface area contributed by atoms with Gasteiger partial charge in [0.15, 0.2) is 0 Å². The van der Waals surface area contributed by atoms with Gasteiger partial charge in [0.2, 0.25) is 5.89 Å². The molecule has 4 rings (SSSR count). The van der Waals surface area contributed by atoms with Gasteiger partial charge in [0.25, 0.3) is 0 Å². The van der Waals surface area contributed by atoms with Gasteiger partial charge in [0.05, 0.1) is 5.69 Å². The number of rotatable bonds is 5.